The molecule has 2 aliphatic heterocycles. The van der Waals surface area contributed by atoms with Crippen molar-refractivity contribution in [3.8, 4) is 28.6 Å². The predicted molar refractivity (Wildman–Crippen MR) is 102 cm³/mol. The van der Waals surface area contributed by atoms with Crippen molar-refractivity contribution in [3.05, 3.63) is 30.3 Å². The van der Waals surface area contributed by atoms with Gasteiger partial charge in [-0.2, -0.15) is 0 Å². The van der Waals surface area contributed by atoms with Gasteiger partial charge in [0.2, 0.25) is 5.75 Å². The molecule has 2 aliphatic rings. The van der Waals surface area contributed by atoms with Gasteiger partial charge < -0.3 is 29.2 Å². The van der Waals surface area contributed by atoms with Crippen LogP contribution in [0.2, 0.25) is 0 Å². The number of aromatic nitrogens is 2. The van der Waals surface area contributed by atoms with E-state index in [1.165, 1.54) is 25.3 Å². The summed E-state index contributed by atoms with van der Waals surface area (Å²) >= 11 is 0. The second-order valence-electron chi connectivity index (χ2n) is 7.06. The van der Waals surface area contributed by atoms with E-state index in [1.807, 2.05) is 0 Å². The molecule has 0 unspecified atom stereocenters. The van der Waals surface area contributed by atoms with E-state index in [1.54, 1.807) is 6.07 Å². The molecule has 3 aromatic rings. The van der Waals surface area contributed by atoms with Gasteiger partial charge in [-0.15, -0.1) is 0 Å². The van der Waals surface area contributed by atoms with Crippen LogP contribution in [0.3, 0.4) is 0 Å². The molecule has 140 valence electrons. The molecular formula is C20H21N3O4. The number of benzene rings is 2. The van der Waals surface area contributed by atoms with Crippen LogP contribution >= 0.6 is 0 Å². The Hall–Kier alpha value is -2.93. The number of hydrogen-bond donors (Lipinski definition) is 2. The molecule has 2 N–H and O–H groups in total. The van der Waals surface area contributed by atoms with E-state index < -0.39 is 0 Å². The van der Waals surface area contributed by atoms with E-state index in [-0.39, 0.29) is 23.3 Å². The van der Waals surface area contributed by atoms with E-state index in [4.69, 9.17) is 14.5 Å². The number of fused-ring (bicyclic) bond motifs is 1. The van der Waals surface area contributed by atoms with Gasteiger partial charge >= 0.3 is 0 Å². The molecule has 0 atom stereocenters. The zero-order chi connectivity index (χ0) is 18.5. The summed E-state index contributed by atoms with van der Waals surface area (Å²) in [5.74, 6) is 0.451. The Morgan fingerprint density at radius 2 is 1.96 bits per heavy atom. The maximum Gasteiger partial charge on any atom is 0.200 e. The van der Waals surface area contributed by atoms with Gasteiger partial charge in [0.1, 0.15) is 5.82 Å². The molecule has 0 amide bonds. The Balaban J connectivity index is 1.69. The highest BCUT2D eigenvalue weighted by Gasteiger charge is 2.27. The molecule has 0 spiro atoms. The predicted octanol–water partition coefficient (Wildman–Crippen LogP) is 2.90. The fraction of sp³-hybridized carbons (Fsp3) is 0.350. The first-order chi connectivity index (χ1) is 13.2. The molecule has 2 saturated heterocycles. The zero-order valence-corrected chi connectivity index (χ0v) is 15.1. The topological polar surface area (TPSA) is 80.0 Å². The van der Waals surface area contributed by atoms with Crippen LogP contribution < -0.4 is 9.64 Å². The monoisotopic (exact) mass is 367 g/mol. The van der Waals surface area contributed by atoms with Crippen LogP contribution in [0.4, 0.5) is 5.69 Å². The van der Waals surface area contributed by atoms with Crippen molar-refractivity contribution < 1.29 is 19.7 Å². The van der Waals surface area contributed by atoms with Crippen LogP contribution in [0.1, 0.15) is 12.5 Å². The summed E-state index contributed by atoms with van der Waals surface area (Å²) in [6, 6.07) is 9.77. The lowest BCUT2D eigenvalue weighted by atomic mass is 10.1. The molecule has 3 heterocycles. The molecule has 7 nitrogen and oxygen atoms in total. The van der Waals surface area contributed by atoms with Gasteiger partial charge in [0.05, 0.1) is 37.4 Å². The number of hydrogen-bond acceptors (Lipinski definition) is 6. The van der Waals surface area contributed by atoms with E-state index in [2.05, 4.69) is 27.7 Å². The molecule has 27 heavy (non-hydrogen) atoms. The van der Waals surface area contributed by atoms with Crippen molar-refractivity contribution in [2.24, 2.45) is 0 Å². The van der Waals surface area contributed by atoms with Gasteiger partial charge in [-0.05, 0) is 36.8 Å². The van der Waals surface area contributed by atoms with Gasteiger partial charge in [-0.3, -0.25) is 0 Å². The lowest BCUT2D eigenvalue weighted by molar-refractivity contribution is -0.0209. The number of anilines is 1. The van der Waals surface area contributed by atoms with E-state index in [0.29, 0.717) is 18.8 Å². The molecule has 2 aromatic carbocycles. The molecule has 0 bridgehead atoms. The molecular weight excluding hydrogens is 346 g/mol. The number of phenolic OH excluding ortho intramolecular Hbond substituents is 2. The van der Waals surface area contributed by atoms with Crippen LogP contribution in [-0.4, -0.2) is 53.2 Å². The lowest BCUT2D eigenvalue weighted by Gasteiger charge is -2.33. The van der Waals surface area contributed by atoms with Crippen molar-refractivity contribution in [2.75, 3.05) is 38.3 Å². The molecule has 7 heteroatoms. The fourth-order valence-electron chi connectivity index (χ4n) is 3.68. The number of rotatable bonds is 4. The summed E-state index contributed by atoms with van der Waals surface area (Å²) in [5.41, 5.74) is 3.82. The summed E-state index contributed by atoms with van der Waals surface area (Å²) < 4.78 is 12.8. The van der Waals surface area contributed by atoms with Crippen molar-refractivity contribution in [1.82, 2.24) is 9.55 Å². The first kappa shape index (κ1) is 16.3. The fourth-order valence-corrected chi connectivity index (χ4v) is 3.68. The van der Waals surface area contributed by atoms with Crippen LogP contribution in [0.15, 0.2) is 30.3 Å². The highest BCUT2D eigenvalue weighted by molar-refractivity contribution is 5.85. The first-order valence-electron chi connectivity index (χ1n) is 9.10. The number of methoxy groups -OCH3 is 1. The van der Waals surface area contributed by atoms with Gasteiger partial charge in [0, 0.05) is 24.3 Å². The highest BCUT2D eigenvalue weighted by atomic mass is 16.5. The zero-order valence-electron chi connectivity index (χ0n) is 15.1. The standard InChI is InChI=1S/C20H21N3O4/c1-26-18-8-12(7-17(24)19(18)25)20-21-15-9-13(22-5-2-6-22)3-4-16(15)23(20)14-10-27-11-14/h3-4,7-9,14,24-25H,2,5-6,10-11H2,1H3. The van der Waals surface area contributed by atoms with Crippen molar-refractivity contribution in [1.29, 1.82) is 0 Å². The van der Waals surface area contributed by atoms with Gasteiger partial charge in [-0.1, -0.05) is 0 Å². The van der Waals surface area contributed by atoms with Crippen LogP contribution in [0.25, 0.3) is 22.4 Å². The third-order valence-electron chi connectivity index (χ3n) is 5.41. The minimum atomic E-state index is -0.268. The van der Waals surface area contributed by atoms with Crippen LogP contribution in [0, 0.1) is 0 Å². The Labute approximate surface area is 156 Å². The van der Waals surface area contributed by atoms with E-state index in [0.717, 1.165) is 29.9 Å². The Morgan fingerprint density at radius 1 is 1.15 bits per heavy atom. The molecule has 0 saturated carbocycles. The van der Waals surface area contributed by atoms with Gasteiger partial charge in [0.15, 0.2) is 11.5 Å². The minimum absolute atomic E-state index is 0.196. The lowest BCUT2D eigenvalue weighted by Crippen LogP contribution is -2.36. The number of aromatic hydroxyl groups is 2. The summed E-state index contributed by atoms with van der Waals surface area (Å²) in [7, 11) is 1.46. The maximum absolute atomic E-state index is 10.1. The number of phenols is 2. The average Bonchev–Trinajstić information content (AvgIpc) is 2.93. The highest BCUT2D eigenvalue weighted by Crippen LogP contribution is 2.41. The average molecular weight is 367 g/mol. The van der Waals surface area contributed by atoms with Crippen molar-refractivity contribution in [2.45, 2.75) is 12.5 Å². The summed E-state index contributed by atoms with van der Waals surface area (Å²) in [4.78, 5) is 7.20. The van der Waals surface area contributed by atoms with E-state index >= 15 is 0 Å². The molecule has 1 aromatic heterocycles. The van der Waals surface area contributed by atoms with Gasteiger partial charge in [-0.25, -0.2) is 4.98 Å². The second-order valence-corrected chi connectivity index (χ2v) is 7.06. The Bertz CT molecular complexity index is 1020. The summed E-state index contributed by atoms with van der Waals surface area (Å²) in [6.45, 7) is 3.43. The first-order valence-corrected chi connectivity index (χ1v) is 9.10. The normalized spacial score (nSPS) is 17.0. The molecule has 0 aliphatic carbocycles. The third-order valence-corrected chi connectivity index (χ3v) is 5.41. The summed E-state index contributed by atoms with van der Waals surface area (Å²) in [5, 5.41) is 20.1. The molecule has 2 fully saturated rings. The van der Waals surface area contributed by atoms with Crippen molar-refractivity contribution in [3.63, 3.8) is 0 Å². The Kier molecular flexibility index (Phi) is 3.65. The second kappa shape index (κ2) is 6.06. The quantitative estimate of drug-likeness (QED) is 0.690. The SMILES string of the molecule is COc1cc(-c2nc3cc(N4CCC4)ccc3n2C2COC2)cc(O)c1O. The largest absolute Gasteiger partial charge is 0.504 e. The Morgan fingerprint density at radius 3 is 2.59 bits per heavy atom. The summed E-state index contributed by atoms with van der Waals surface area (Å²) in [6.07, 6.45) is 1.23. The number of imidazole rings is 1. The van der Waals surface area contributed by atoms with Crippen LogP contribution in [0.5, 0.6) is 17.2 Å². The van der Waals surface area contributed by atoms with E-state index in [9.17, 15) is 10.2 Å². The van der Waals surface area contributed by atoms with Gasteiger partial charge in [0.25, 0.3) is 0 Å². The number of nitrogens with zero attached hydrogens (tertiary/aromatic N) is 3. The third kappa shape index (κ3) is 2.49. The number of ether oxygens (including phenoxy) is 2. The van der Waals surface area contributed by atoms with Crippen LogP contribution in [-0.2, 0) is 4.74 Å². The smallest absolute Gasteiger partial charge is 0.200 e. The molecule has 0 radical (unpaired) electrons. The minimum Gasteiger partial charge on any atom is -0.504 e. The van der Waals surface area contributed by atoms with Crippen molar-refractivity contribution >= 4 is 16.7 Å². The maximum atomic E-state index is 10.1. The molecule has 5 rings (SSSR count).